The topological polar surface area (TPSA) is 36.3 Å². The molecule has 100 valence electrons. The highest BCUT2D eigenvalue weighted by Crippen LogP contribution is 2.36. The second-order valence-corrected chi connectivity index (χ2v) is 6.57. The molecule has 0 atom stereocenters. The van der Waals surface area contributed by atoms with Gasteiger partial charge in [-0.15, -0.1) is 0 Å². The lowest BCUT2D eigenvalue weighted by Gasteiger charge is -2.32. The summed E-state index contributed by atoms with van der Waals surface area (Å²) in [5.74, 6) is 0.924. The zero-order valence-electron chi connectivity index (χ0n) is 12.0. The summed E-state index contributed by atoms with van der Waals surface area (Å²) in [6, 6.07) is 0. The lowest BCUT2D eigenvalue weighted by Crippen LogP contribution is -2.41. The SMILES string of the molecule is CSCc1cnn(C)c1B1OC(C)(C)C(C)(C)O1. The molecule has 0 unspecified atom stereocenters. The van der Waals surface area contributed by atoms with Crippen molar-refractivity contribution in [2.75, 3.05) is 6.26 Å². The highest BCUT2D eigenvalue weighted by atomic mass is 32.2. The average molecular weight is 268 g/mol. The van der Waals surface area contributed by atoms with E-state index in [0.29, 0.717) is 0 Å². The molecule has 6 heteroatoms. The molecule has 1 fully saturated rings. The van der Waals surface area contributed by atoms with E-state index in [1.807, 2.05) is 17.9 Å². The summed E-state index contributed by atoms with van der Waals surface area (Å²) in [5, 5.41) is 4.32. The van der Waals surface area contributed by atoms with Crippen LogP contribution in [0.3, 0.4) is 0 Å². The summed E-state index contributed by atoms with van der Waals surface area (Å²) < 4.78 is 14.0. The highest BCUT2D eigenvalue weighted by Gasteiger charge is 2.53. The molecule has 0 aromatic carbocycles. The molecular weight excluding hydrogens is 247 g/mol. The predicted octanol–water partition coefficient (Wildman–Crippen LogP) is 1.58. The first-order chi connectivity index (χ1) is 8.28. The minimum absolute atomic E-state index is 0.307. The third kappa shape index (κ3) is 2.21. The summed E-state index contributed by atoms with van der Waals surface area (Å²) in [6.07, 6.45) is 3.98. The van der Waals surface area contributed by atoms with Gasteiger partial charge in [0.1, 0.15) is 0 Å². The first-order valence-corrected chi connectivity index (χ1v) is 7.53. The van der Waals surface area contributed by atoms with Crippen LogP contribution in [0.2, 0.25) is 0 Å². The fourth-order valence-corrected chi connectivity index (χ4v) is 2.55. The van der Waals surface area contributed by atoms with Crippen LogP contribution in [-0.2, 0) is 22.1 Å². The number of aromatic nitrogens is 2. The van der Waals surface area contributed by atoms with Crippen LogP contribution < -0.4 is 5.59 Å². The molecule has 4 nitrogen and oxygen atoms in total. The summed E-state index contributed by atoms with van der Waals surface area (Å²) in [5.41, 5.74) is 1.60. The number of rotatable bonds is 3. The highest BCUT2D eigenvalue weighted by molar-refractivity contribution is 7.97. The van der Waals surface area contributed by atoms with E-state index in [0.717, 1.165) is 11.3 Å². The molecule has 0 N–H and O–H groups in total. The normalized spacial score (nSPS) is 21.6. The Hall–Kier alpha value is -0.455. The van der Waals surface area contributed by atoms with Crippen molar-refractivity contribution in [2.24, 2.45) is 7.05 Å². The van der Waals surface area contributed by atoms with Gasteiger partial charge >= 0.3 is 7.12 Å². The Balaban J connectivity index is 2.32. The first kappa shape index (κ1) is 14.0. The largest absolute Gasteiger partial charge is 0.514 e. The summed E-state index contributed by atoms with van der Waals surface area (Å²) in [6.45, 7) is 8.27. The zero-order chi connectivity index (χ0) is 13.6. The van der Waals surface area contributed by atoms with Gasteiger partial charge in [0.2, 0.25) is 0 Å². The van der Waals surface area contributed by atoms with Gasteiger partial charge in [-0.2, -0.15) is 16.9 Å². The molecule has 1 aromatic rings. The van der Waals surface area contributed by atoms with Gasteiger partial charge in [-0.05, 0) is 39.5 Å². The molecule has 0 radical (unpaired) electrons. The Labute approximate surface area is 114 Å². The standard InChI is InChI=1S/C12H21BN2O2S/c1-11(2)12(3,4)17-13(16-11)10-9(8-18-6)7-14-15(10)5/h7H,8H2,1-6H3. The third-order valence-corrected chi connectivity index (χ3v) is 4.44. The molecule has 0 spiro atoms. The van der Waals surface area contributed by atoms with Crippen LogP contribution in [0.15, 0.2) is 6.20 Å². The van der Waals surface area contributed by atoms with Crippen LogP contribution in [0.25, 0.3) is 0 Å². The third-order valence-electron chi connectivity index (χ3n) is 3.84. The molecule has 18 heavy (non-hydrogen) atoms. The Kier molecular flexibility index (Phi) is 3.55. The number of aryl methyl sites for hydroxylation is 1. The molecule has 1 aromatic heterocycles. The molecule has 0 amide bonds. The van der Waals surface area contributed by atoms with Crippen LogP contribution in [0.4, 0.5) is 0 Å². The summed E-state index contributed by atoms with van der Waals surface area (Å²) in [7, 11) is 1.61. The maximum atomic E-state index is 6.08. The zero-order valence-corrected chi connectivity index (χ0v) is 12.8. The minimum Gasteiger partial charge on any atom is -0.398 e. The fraction of sp³-hybridized carbons (Fsp3) is 0.750. The van der Waals surface area contributed by atoms with E-state index in [4.69, 9.17) is 9.31 Å². The lowest BCUT2D eigenvalue weighted by molar-refractivity contribution is 0.00578. The molecular formula is C12H21BN2O2S. The van der Waals surface area contributed by atoms with E-state index in [9.17, 15) is 0 Å². The van der Waals surface area contributed by atoms with E-state index in [2.05, 4.69) is 39.0 Å². The molecule has 2 heterocycles. The fourth-order valence-electron chi connectivity index (χ4n) is 2.02. The van der Waals surface area contributed by atoms with E-state index >= 15 is 0 Å². The Morgan fingerprint density at radius 3 is 2.33 bits per heavy atom. The monoisotopic (exact) mass is 268 g/mol. The van der Waals surface area contributed by atoms with Crippen LogP contribution in [0.5, 0.6) is 0 Å². The van der Waals surface area contributed by atoms with Gasteiger partial charge in [-0.3, -0.25) is 4.68 Å². The molecule has 0 saturated carbocycles. The quantitative estimate of drug-likeness (QED) is 0.780. The molecule has 1 aliphatic heterocycles. The molecule has 0 aliphatic carbocycles. The number of thioether (sulfide) groups is 1. The van der Waals surface area contributed by atoms with Crippen molar-refractivity contribution in [2.45, 2.75) is 44.6 Å². The van der Waals surface area contributed by atoms with Gasteiger partial charge in [0.05, 0.1) is 23.0 Å². The van der Waals surface area contributed by atoms with Crippen LogP contribution >= 0.6 is 11.8 Å². The maximum Gasteiger partial charge on any atom is 0.514 e. The van der Waals surface area contributed by atoms with Gasteiger partial charge in [0.25, 0.3) is 0 Å². The van der Waals surface area contributed by atoms with E-state index in [1.165, 1.54) is 5.56 Å². The Morgan fingerprint density at radius 2 is 1.83 bits per heavy atom. The number of hydrogen-bond donors (Lipinski definition) is 0. The van der Waals surface area contributed by atoms with Crippen molar-refractivity contribution in [3.05, 3.63) is 11.8 Å². The molecule has 1 saturated heterocycles. The second-order valence-electron chi connectivity index (χ2n) is 5.70. The van der Waals surface area contributed by atoms with Gasteiger partial charge in [-0.1, -0.05) is 0 Å². The molecule has 1 aliphatic rings. The second kappa shape index (κ2) is 4.58. The predicted molar refractivity (Wildman–Crippen MR) is 76.1 cm³/mol. The Morgan fingerprint density at radius 1 is 1.28 bits per heavy atom. The van der Waals surface area contributed by atoms with Crippen molar-refractivity contribution >= 4 is 24.5 Å². The van der Waals surface area contributed by atoms with Crippen LogP contribution in [0, 0.1) is 0 Å². The lowest BCUT2D eigenvalue weighted by atomic mass is 9.82. The summed E-state index contributed by atoms with van der Waals surface area (Å²) in [4.78, 5) is 0. The van der Waals surface area contributed by atoms with Gasteiger partial charge in [0, 0.05) is 12.8 Å². The van der Waals surface area contributed by atoms with Crippen molar-refractivity contribution < 1.29 is 9.31 Å². The van der Waals surface area contributed by atoms with Gasteiger partial charge in [-0.25, -0.2) is 0 Å². The summed E-state index contributed by atoms with van der Waals surface area (Å²) >= 11 is 1.78. The number of hydrogen-bond acceptors (Lipinski definition) is 4. The van der Waals surface area contributed by atoms with Gasteiger partial charge < -0.3 is 9.31 Å². The van der Waals surface area contributed by atoms with E-state index < -0.39 is 0 Å². The minimum atomic E-state index is -0.329. The molecule has 0 bridgehead atoms. The molecule has 2 rings (SSSR count). The van der Waals surface area contributed by atoms with Gasteiger partial charge in [0.15, 0.2) is 0 Å². The van der Waals surface area contributed by atoms with Crippen molar-refractivity contribution in [3.8, 4) is 0 Å². The van der Waals surface area contributed by atoms with Crippen molar-refractivity contribution in [3.63, 3.8) is 0 Å². The Bertz CT molecular complexity index is 429. The van der Waals surface area contributed by atoms with Crippen LogP contribution in [0.1, 0.15) is 33.3 Å². The van der Waals surface area contributed by atoms with E-state index in [1.54, 1.807) is 11.8 Å². The van der Waals surface area contributed by atoms with Crippen molar-refractivity contribution in [1.82, 2.24) is 9.78 Å². The van der Waals surface area contributed by atoms with E-state index in [-0.39, 0.29) is 18.3 Å². The van der Waals surface area contributed by atoms with Crippen LogP contribution in [-0.4, -0.2) is 34.4 Å². The van der Waals surface area contributed by atoms with Crippen molar-refractivity contribution in [1.29, 1.82) is 0 Å². The number of nitrogens with zero attached hydrogens (tertiary/aromatic N) is 2. The first-order valence-electron chi connectivity index (χ1n) is 6.14. The maximum absolute atomic E-state index is 6.08. The average Bonchev–Trinajstić information content (AvgIpc) is 2.67. The smallest absolute Gasteiger partial charge is 0.398 e.